The molecule has 1 heterocycles. The normalized spacial score (nSPS) is 24.6. The molecule has 1 unspecified atom stereocenters. The molecular weight excluding hydrogens is 360 g/mol. The Balaban J connectivity index is 1.54. The molecule has 2 fully saturated rings. The number of hydrogen-bond acceptors (Lipinski definition) is 3. The van der Waals surface area contributed by atoms with Crippen LogP contribution in [0.5, 0.6) is 0 Å². The van der Waals surface area contributed by atoms with Gasteiger partial charge in [-0.15, -0.1) is 0 Å². The molecule has 2 aliphatic rings. The van der Waals surface area contributed by atoms with Crippen LogP contribution >= 0.6 is 0 Å². The first-order chi connectivity index (χ1) is 14.2. The van der Waals surface area contributed by atoms with Crippen LogP contribution in [0.1, 0.15) is 85.3 Å². The topological polar surface area (TPSA) is 49.7 Å². The summed E-state index contributed by atoms with van der Waals surface area (Å²) in [5, 5.41) is 19.7. The molecule has 3 heteroatoms. The van der Waals surface area contributed by atoms with Crippen LogP contribution in [0.2, 0.25) is 0 Å². The Labute approximate surface area is 174 Å². The SMILES string of the molecule is CCCCc1ccc(Cc2cc([C@H]3CC(O)C[C@@H](CO)O3)ccc2C2CC2)cc1. The Bertz CT molecular complexity index is 794. The Morgan fingerprint density at radius 2 is 1.76 bits per heavy atom. The van der Waals surface area contributed by atoms with E-state index in [2.05, 4.69) is 49.4 Å². The van der Waals surface area contributed by atoms with E-state index in [1.54, 1.807) is 0 Å². The second-order valence-corrected chi connectivity index (χ2v) is 8.88. The van der Waals surface area contributed by atoms with Crippen molar-refractivity contribution in [2.75, 3.05) is 6.61 Å². The quantitative estimate of drug-likeness (QED) is 0.657. The molecule has 4 rings (SSSR count). The van der Waals surface area contributed by atoms with Crippen molar-refractivity contribution >= 4 is 0 Å². The van der Waals surface area contributed by atoms with Crippen molar-refractivity contribution in [2.24, 2.45) is 0 Å². The predicted molar refractivity (Wildman–Crippen MR) is 116 cm³/mol. The Morgan fingerprint density at radius 3 is 2.45 bits per heavy atom. The van der Waals surface area contributed by atoms with Gasteiger partial charge in [-0.2, -0.15) is 0 Å². The van der Waals surface area contributed by atoms with E-state index in [9.17, 15) is 10.2 Å². The summed E-state index contributed by atoms with van der Waals surface area (Å²) in [6.07, 6.45) is 7.44. The van der Waals surface area contributed by atoms with Crippen molar-refractivity contribution in [2.45, 2.75) is 82.5 Å². The molecule has 0 bridgehead atoms. The minimum Gasteiger partial charge on any atom is -0.394 e. The van der Waals surface area contributed by atoms with E-state index in [-0.39, 0.29) is 18.8 Å². The highest BCUT2D eigenvalue weighted by atomic mass is 16.5. The van der Waals surface area contributed by atoms with Crippen LogP contribution in [0, 0.1) is 0 Å². The fourth-order valence-electron chi connectivity index (χ4n) is 4.52. The molecule has 2 N–H and O–H groups in total. The Morgan fingerprint density at radius 1 is 1.00 bits per heavy atom. The van der Waals surface area contributed by atoms with Gasteiger partial charge in [-0.3, -0.25) is 0 Å². The lowest BCUT2D eigenvalue weighted by Crippen LogP contribution is -2.33. The fourth-order valence-corrected chi connectivity index (χ4v) is 4.52. The molecule has 156 valence electrons. The highest BCUT2D eigenvalue weighted by molar-refractivity contribution is 5.41. The first-order valence-electron chi connectivity index (χ1n) is 11.3. The summed E-state index contributed by atoms with van der Waals surface area (Å²) in [6, 6.07) is 15.8. The van der Waals surface area contributed by atoms with Crippen molar-refractivity contribution in [1.82, 2.24) is 0 Å². The molecule has 0 radical (unpaired) electrons. The first-order valence-corrected chi connectivity index (χ1v) is 11.3. The van der Waals surface area contributed by atoms with Gasteiger partial charge in [0.15, 0.2) is 0 Å². The minimum atomic E-state index is -0.409. The predicted octanol–water partition coefficient (Wildman–Crippen LogP) is 5.07. The number of benzene rings is 2. The average molecular weight is 395 g/mol. The standard InChI is InChI=1S/C26H34O3/c1-2-3-4-18-5-7-19(8-6-18)13-22-14-21(11-12-25(22)20-9-10-20)26-16-23(28)15-24(17-27)29-26/h5-8,11-12,14,20,23-24,26-28H,2-4,9-10,13,15-17H2,1H3/t23?,24-,26+/m0/s1. The molecule has 0 aromatic heterocycles. The van der Waals surface area contributed by atoms with E-state index < -0.39 is 6.10 Å². The number of aryl methyl sites for hydroxylation is 1. The molecule has 0 amide bonds. The molecule has 3 atom stereocenters. The summed E-state index contributed by atoms with van der Waals surface area (Å²) < 4.78 is 6.06. The van der Waals surface area contributed by atoms with Gasteiger partial charge in [0, 0.05) is 12.8 Å². The van der Waals surface area contributed by atoms with E-state index in [4.69, 9.17) is 4.74 Å². The summed E-state index contributed by atoms with van der Waals surface area (Å²) >= 11 is 0. The van der Waals surface area contributed by atoms with Crippen molar-refractivity contribution in [1.29, 1.82) is 0 Å². The number of aliphatic hydroxyl groups is 2. The third-order valence-electron chi connectivity index (χ3n) is 6.37. The second kappa shape index (κ2) is 9.42. The second-order valence-electron chi connectivity index (χ2n) is 8.88. The van der Waals surface area contributed by atoms with Crippen LogP contribution in [0.4, 0.5) is 0 Å². The number of unbranched alkanes of at least 4 members (excludes halogenated alkanes) is 1. The molecule has 2 aromatic rings. The molecule has 1 aliphatic heterocycles. The third-order valence-corrected chi connectivity index (χ3v) is 6.37. The van der Waals surface area contributed by atoms with Crippen LogP contribution in [0.3, 0.4) is 0 Å². The summed E-state index contributed by atoms with van der Waals surface area (Å²) in [5.41, 5.74) is 6.75. The number of ether oxygens (including phenoxy) is 1. The molecule has 0 spiro atoms. The zero-order valence-corrected chi connectivity index (χ0v) is 17.5. The summed E-state index contributed by atoms with van der Waals surface area (Å²) in [7, 11) is 0. The van der Waals surface area contributed by atoms with Crippen LogP contribution in [0.15, 0.2) is 42.5 Å². The van der Waals surface area contributed by atoms with Gasteiger partial charge < -0.3 is 14.9 Å². The summed E-state index contributed by atoms with van der Waals surface area (Å²) in [6.45, 7) is 2.20. The van der Waals surface area contributed by atoms with Crippen LogP contribution in [-0.4, -0.2) is 29.0 Å². The van der Waals surface area contributed by atoms with Crippen molar-refractivity contribution in [3.63, 3.8) is 0 Å². The van der Waals surface area contributed by atoms with E-state index in [0.717, 1.165) is 18.4 Å². The van der Waals surface area contributed by atoms with Crippen LogP contribution in [0.25, 0.3) is 0 Å². The minimum absolute atomic E-state index is 0.0368. The zero-order chi connectivity index (χ0) is 20.2. The molecule has 1 aliphatic carbocycles. The summed E-state index contributed by atoms with van der Waals surface area (Å²) in [5.74, 6) is 0.700. The first kappa shape index (κ1) is 20.6. The largest absolute Gasteiger partial charge is 0.394 e. The van der Waals surface area contributed by atoms with E-state index in [1.165, 1.54) is 47.9 Å². The molecular formula is C26H34O3. The van der Waals surface area contributed by atoms with Crippen molar-refractivity contribution in [3.8, 4) is 0 Å². The lowest BCUT2D eigenvalue weighted by Gasteiger charge is -2.33. The lowest BCUT2D eigenvalue weighted by atomic mass is 9.90. The lowest BCUT2D eigenvalue weighted by molar-refractivity contribution is -0.113. The number of rotatable bonds is 8. The smallest absolute Gasteiger partial charge is 0.0854 e. The van der Waals surface area contributed by atoms with Gasteiger partial charge in [0.2, 0.25) is 0 Å². The maximum absolute atomic E-state index is 10.2. The van der Waals surface area contributed by atoms with Crippen molar-refractivity contribution in [3.05, 3.63) is 70.3 Å². The fraction of sp³-hybridized carbons (Fsp3) is 0.538. The van der Waals surface area contributed by atoms with E-state index in [0.29, 0.717) is 18.8 Å². The van der Waals surface area contributed by atoms with E-state index in [1.807, 2.05) is 0 Å². The van der Waals surface area contributed by atoms with E-state index >= 15 is 0 Å². The zero-order valence-electron chi connectivity index (χ0n) is 17.5. The van der Waals surface area contributed by atoms with Gasteiger partial charge in [0.05, 0.1) is 24.9 Å². The highest BCUT2D eigenvalue weighted by Gasteiger charge is 2.31. The van der Waals surface area contributed by atoms with Gasteiger partial charge >= 0.3 is 0 Å². The number of aliphatic hydroxyl groups excluding tert-OH is 2. The average Bonchev–Trinajstić information content (AvgIpc) is 3.58. The van der Waals surface area contributed by atoms with Gasteiger partial charge in [-0.25, -0.2) is 0 Å². The molecule has 29 heavy (non-hydrogen) atoms. The van der Waals surface area contributed by atoms with Gasteiger partial charge in [-0.1, -0.05) is 55.8 Å². The van der Waals surface area contributed by atoms with Gasteiger partial charge in [0.1, 0.15) is 0 Å². The van der Waals surface area contributed by atoms with Crippen LogP contribution in [-0.2, 0) is 17.6 Å². The molecule has 1 saturated heterocycles. The third kappa shape index (κ3) is 5.28. The molecule has 3 nitrogen and oxygen atoms in total. The summed E-state index contributed by atoms with van der Waals surface area (Å²) in [4.78, 5) is 0. The molecule has 2 aromatic carbocycles. The van der Waals surface area contributed by atoms with Crippen LogP contribution < -0.4 is 0 Å². The Kier molecular flexibility index (Phi) is 6.69. The maximum atomic E-state index is 10.2. The van der Waals surface area contributed by atoms with Crippen molar-refractivity contribution < 1.29 is 14.9 Å². The maximum Gasteiger partial charge on any atom is 0.0854 e. The molecule has 1 saturated carbocycles. The number of hydrogen-bond donors (Lipinski definition) is 2. The monoisotopic (exact) mass is 394 g/mol. The Hall–Kier alpha value is -1.68. The highest BCUT2D eigenvalue weighted by Crippen LogP contribution is 2.43. The van der Waals surface area contributed by atoms with Gasteiger partial charge in [0.25, 0.3) is 0 Å². The van der Waals surface area contributed by atoms with Gasteiger partial charge in [-0.05, 0) is 65.8 Å².